The van der Waals surface area contributed by atoms with Crippen molar-refractivity contribution in [2.75, 3.05) is 0 Å². The van der Waals surface area contributed by atoms with Crippen molar-refractivity contribution >= 4 is 0 Å². The van der Waals surface area contributed by atoms with Gasteiger partial charge >= 0.3 is 0 Å². The van der Waals surface area contributed by atoms with Crippen LogP contribution in [0.2, 0.25) is 0 Å². The van der Waals surface area contributed by atoms with Gasteiger partial charge in [0.15, 0.2) is 11.6 Å². The van der Waals surface area contributed by atoms with Gasteiger partial charge in [-0.25, -0.2) is 17.6 Å². The van der Waals surface area contributed by atoms with Crippen LogP contribution in [0, 0.1) is 23.3 Å². The predicted octanol–water partition coefficient (Wildman–Crippen LogP) is 3.96. The lowest BCUT2D eigenvalue weighted by Gasteiger charge is -2.14. The van der Waals surface area contributed by atoms with Gasteiger partial charge in [-0.2, -0.15) is 0 Å². The zero-order valence-electron chi connectivity index (χ0n) is 11.5. The van der Waals surface area contributed by atoms with Gasteiger partial charge in [0.05, 0.1) is 0 Å². The summed E-state index contributed by atoms with van der Waals surface area (Å²) in [5.74, 6) is -3.35. The second kappa shape index (κ2) is 6.72. The molecular weight excluding hydrogens is 282 g/mol. The van der Waals surface area contributed by atoms with E-state index in [1.807, 2.05) is 6.92 Å². The Morgan fingerprint density at radius 1 is 0.905 bits per heavy atom. The first-order valence-corrected chi connectivity index (χ1v) is 6.57. The normalized spacial score (nSPS) is 12.4. The number of nitrogens with one attached hydrogen (secondary N) is 1. The van der Waals surface area contributed by atoms with Crippen LogP contribution in [0.4, 0.5) is 17.6 Å². The maximum Gasteiger partial charge on any atom is 0.161 e. The highest BCUT2D eigenvalue weighted by atomic mass is 19.2. The third-order valence-electron chi connectivity index (χ3n) is 3.19. The van der Waals surface area contributed by atoms with Crippen LogP contribution in [-0.2, 0) is 13.0 Å². The molecule has 0 aliphatic heterocycles. The van der Waals surface area contributed by atoms with Crippen LogP contribution in [0.3, 0.4) is 0 Å². The fourth-order valence-corrected chi connectivity index (χ4v) is 2.03. The Balaban J connectivity index is 1.93. The van der Waals surface area contributed by atoms with E-state index in [1.54, 1.807) is 12.1 Å². The predicted molar refractivity (Wildman–Crippen MR) is 72.7 cm³/mol. The van der Waals surface area contributed by atoms with E-state index in [4.69, 9.17) is 0 Å². The molecule has 0 saturated heterocycles. The van der Waals surface area contributed by atoms with Crippen molar-refractivity contribution in [1.82, 2.24) is 5.32 Å². The molecule has 1 N–H and O–H groups in total. The molecule has 0 fully saturated rings. The second-order valence-electron chi connectivity index (χ2n) is 4.97. The zero-order valence-corrected chi connectivity index (χ0v) is 11.5. The van der Waals surface area contributed by atoms with Crippen LogP contribution >= 0.6 is 0 Å². The fraction of sp³-hybridized carbons (Fsp3) is 0.250. The molecule has 0 saturated carbocycles. The lowest BCUT2D eigenvalue weighted by molar-refractivity contribution is 0.479. The molecule has 0 spiro atoms. The summed E-state index contributed by atoms with van der Waals surface area (Å²) in [7, 11) is 0. The molecule has 0 aromatic heterocycles. The van der Waals surface area contributed by atoms with Gasteiger partial charge in [-0.05, 0) is 37.1 Å². The molecule has 0 radical (unpaired) electrons. The molecule has 2 aromatic rings. The van der Waals surface area contributed by atoms with E-state index in [2.05, 4.69) is 5.32 Å². The molecule has 1 unspecified atom stereocenters. The van der Waals surface area contributed by atoms with Crippen LogP contribution < -0.4 is 5.32 Å². The van der Waals surface area contributed by atoms with Crippen molar-refractivity contribution < 1.29 is 17.6 Å². The van der Waals surface area contributed by atoms with E-state index in [1.165, 1.54) is 12.1 Å². The van der Waals surface area contributed by atoms with Gasteiger partial charge in [-0.3, -0.25) is 0 Å². The van der Waals surface area contributed by atoms with E-state index in [0.717, 1.165) is 11.6 Å². The smallest absolute Gasteiger partial charge is 0.161 e. The summed E-state index contributed by atoms with van der Waals surface area (Å²) in [5, 5.41) is 3.03. The monoisotopic (exact) mass is 297 g/mol. The molecule has 5 heteroatoms. The minimum atomic E-state index is -1.20. The summed E-state index contributed by atoms with van der Waals surface area (Å²) in [4.78, 5) is 0. The standard InChI is InChI=1S/C16H15F4N/c1-10(6-11-2-4-13(17)5-3-11)21-9-12-7-15(19)16(20)8-14(12)18/h2-5,7-8,10,21H,6,9H2,1H3. The lowest BCUT2D eigenvalue weighted by Crippen LogP contribution is -2.28. The molecule has 0 aliphatic rings. The van der Waals surface area contributed by atoms with Crippen molar-refractivity contribution in [3.8, 4) is 0 Å². The first-order chi connectivity index (χ1) is 9.95. The first-order valence-electron chi connectivity index (χ1n) is 6.57. The maximum atomic E-state index is 13.5. The summed E-state index contributed by atoms with van der Waals surface area (Å²) in [6.07, 6.45) is 0.617. The molecule has 2 aromatic carbocycles. The topological polar surface area (TPSA) is 12.0 Å². The first kappa shape index (κ1) is 15.5. The summed E-state index contributed by atoms with van der Waals surface area (Å²) in [6.45, 7) is 1.96. The number of hydrogen-bond acceptors (Lipinski definition) is 1. The Morgan fingerprint density at radius 3 is 2.19 bits per heavy atom. The average molecular weight is 297 g/mol. The van der Waals surface area contributed by atoms with Gasteiger partial charge in [0.25, 0.3) is 0 Å². The van der Waals surface area contributed by atoms with Crippen LogP contribution in [0.5, 0.6) is 0 Å². The van der Waals surface area contributed by atoms with Crippen molar-refractivity contribution in [2.24, 2.45) is 0 Å². The van der Waals surface area contributed by atoms with Gasteiger partial charge in [0.1, 0.15) is 11.6 Å². The third-order valence-corrected chi connectivity index (χ3v) is 3.19. The van der Waals surface area contributed by atoms with Crippen LogP contribution in [0.25, 0.3) is 0 Å². The highest BCUT2D eigenvalue weighted by molar-refractivity contribution is 5.20. The number of halogens is 4. The fourth-order valence-electron chi connectivity index (χ4n) is 2.03. The number of benzene rings is 2. The van der Waals surface area contributed by atoms with Gasteiger partial charge < -0.3 is 5.32 Å². The molecule has 1 atom stereocenters. The Hall–Kier alpha value is -1.88. The van der Waals surface area contributed by atoms with Gasteiger partial charge in [0.2, 0.25) is 0 Å². The number of rotatable bonds is 5. The van der Waals surface area contributed by atoms with E-state index < -0.39 is 17.5 Å². The van der Waals surface area contributed by atoms with Crippen molar-refractivity contribution in [1.29, 1.82) is 0 Å². The summed E-state index contributed by atoms with van der Waals surface area (Å²) in [6, 6.07) is 7.45. The maximum absolute atomic E-state index is 13.5. The van der Waals surface area contributed by atoms with Crippen molar-refractivity contribution in [3.63, 3.8) is 0 Å². The summed E-state index contributed by atoms with van der Waals surface area (Å²) in [5.41, 5.74) is 1.00. The van der Waals surface area contributed by atoms with Gasteiger partial charge in [-0.1, -0.05) is 12.1 Å². The highest BCUT2D eigenvalue weighted by Crippen LogP contribution is 2.14. The molecule has 21 heavy (non-hydrogen) atoms. The second-order valence-corrected chi connectivity index (χ2v) is 4.97. The van der Waals surface area contributed by atoms with Crippen LogP contribution in [-0.4, -0.2) is 6.04 Å². The Labute approximate surface area is 120 Å². The zero-order chi connectivity index (χ0) is 15.4. The highest BCUT2D eigenvalue weighted by Gasteiger charge is 2.11. The van der Waals surface area contributed by atoms with Crippen LogP contribution in [0.1, 0.15) is 18.1 Å². The van der Waals surface area contributed by atoms with E-state index >= 15 is 0 Å². The molecule has 0 amide bonds. The molecule has 2 rings (SSSR count). The molecular formula is C16H15F4N. The van der Waals surface area contributed by atoms with E-state index in [-0.39, 0.29) is 24.0 Å². The van der Waals surface area contributed by atoms with Gasteiger partial charge in [-0.15, -0.1) is 0 Å². The molecule has 0 bridgehead atoms. The largest absolute Gasteiger partial charge is 0.310 e. The molecule has 0 heterocycles. The summed E-state index contributed by atoms with van der Waals surface area (Å²) >= 11 is 0. The van der Waals surface area contributed by atoms with E-state index in [0.29, 0.717) is 12.5 Å². The minimum Gasteiger partial charge on any atom is -0.310 e. The average Bonchev–Trinajstić information content (AvgIpc) is 2.44. The van der Waals surface area contributed by atoms with E-state index in [9.17, 15) is 17.6 Å². The summed E-state index contributed by atoms with van der Waals surface area (Å²) < 4.78 is 52.1. The quantitative estimate of drug-likeness (QED) is 0.650. The van der Waals surface area contributed by atoms with Crippen LogP contribution in [0.15, 0.2) is 36.4 Å². The Bertz CT molecular complexity index is 610. The minimum absolute atomic E-state index is 0.0250. The van der Waals surface area contributed by atoms with Gasteiger partial charge in [0, 0.05) is 24.2 Å². The molecule has 1 nitrogen and oxygen atoms in total. The molecule has 112 valence electrons. The number of hydrogen-bond donors (Lipinski definition) is 1. The van der Waals surface area contributed by atoms with Crippen molar-refractivity contribution in [2.45, 2.75) is 25.9 Å². The SMILES string of the molecule is CC(Cc1ccc(F)cc1)NCc1cc(F)c(F)cc1F. The van der Waals surface area contributed by atoms with Crippen molar-refractivity contribution in [3.05, 3.63) is 70.8 Å². The third kappa shape index (κ3) is 4.29. The Kier molecular flexibility index (Phi) is 4.96. The molecule has 0 aliphatic carbocycles. The lowest BCUT2D eigenvalue weighted by atomic mass is 10.1. The Morgan fingerprint density at radius 2 is 1.52 bits per heavy atom.